The molecular formula is C3H10O2P2. The Bertz CT molecular complexity index is 40.2. The molecule has 0 spiro atoms. The Morgan fingerprint density at radius 3 is 1.71 bits per heavy atom. The van der Waals surface area contributed by atoms with E-state index in [4.69, 9.17) is 9.79 Å². The summed E-state index contributed by atoms with van der Waals surface area (Å²) in [4.78, 5) is 16.7. The average Bonchev–Trinajstić information content (AvgIpc) is 1.27. The van der Waals surface area contributed by atoms with E-state index >= 15 is 0 Å². The molecule has 0 saturated carbocycles. The second-order valence-corrected chi connectivity index (χ2v) is 5.63. The minimum atomic E-state index is -1.61. The fraction of sp³-hybridized carbons (Fsp3) is 1.00. The van der Waals surface area contributed by atoms with E-state index in [1.54, 1.807) is 0 Å². The smallest absolute Gasteiger partial charge is 0.169 e. The zero-order chi connectivity index (χ0) is 5.86. The van der Waals surface area contributed by atoms with Crippen LogP contribution >= 0.6 is 16.3 Å². The summed E-state index contributed by atoms with van der Waals surface area (Å²) in [5.41, 5.74) is 0. The molecule has 0 aliphatic heterocycles. The minimum Gasteiger partial charge on any atom is -0.350 e. The van der Waals surface area contributed by atoms with Gasteiger partial charge in [-0.05, 0) is 13.3 Å². The first-order valence-electron chi connectivity index (χ1n) is 1.93. The van der Waals surface area contributed by atoms with Crippen LogP contribution < -0.4 is 0 Å². The summed E-state index contributed by atoms with van der Waals surface area (Å²) >= 11 is 0. The molecule has 44 valence electrons. The summed E-state index contributed by atoms with van der Waals surface area (Å²) in [6.07, 6.45) is 0. The molecule has 0 amide bonds. The van der Waals surface area contributed by atoms with Crippen molar-refractivity contribution in [3.05, 3.63) is 0 Å². The van der Waals surface area contributed by atoms with E-state index < -0.39 is 8.38 Å². The van der Waals surface area contributed by atoms with Gasteiger partial charge in [-0.15, -0.1) is 7.92 Å². The van der Waals surface area contributed by atoms with Crippen molar-refractivity contribution in [1.82, 2.24) is 0 Å². The van der Waals surface area contributed by atoms with Gasteiger partial charge in [0, 0.05) is 5.90 Å². The van der Waals surface area contributed by atoms with Crippen LogP contribution in [0.1, 0.15) is 0 Å². The maximum Gasteiger partial charge on any atom is 0.169 e. The quantitative estimate of drug-likeness (QED) is 0.561. The van der Waals surface area contributed by atoms with Crippen molar-refractivity contribution in [1.29, 1.82) is 0 Å². The van der Waals surface area contributed by atoms with Gasteiger partial charge in [-0.3, -0.25) is 0 Å². The van der Waals surface area contributed by atoms with Gasteiger partial charge < -0.3 is 9.79 Å². The average molecular weight is 140 g/mol. The third kappa shape index (κ3) is 6.78. The van der Waals surface area contributed by atoms with Crippen molar-refractivity contribution in [3.63, 3.8) is 0 Å². The van der Waals surface area contributed by atoms with E-state index in [1.807, 2.05) is 13.3 Å². The van der Waals surface area contributed by atoms with Crippen molar-refractivity contribution in [3.8, 4) is 0 Å². The zero-order valence-corrected chi connectivity index (χ0v) is 6.28. The highest BCUT2D eigenvalue weighted by Gasteiger charge is 1.99. The molecule has 0 aliphatic rings. The van der Waals surface area contributed by atoms with Gasteiger partial charge in [-0.2, -0.15) is 0 Å². The number of rotatable bonds is 2. The molecule has 0 fully saturated rings. The molecule has 4 heteroatoms. The number of hydrogen-bond acceptors (Lipinski definition) is 2. The molecule has 0 aromatic carbocycles. The Morgan fingerprint density at radius 1 is 1.29 bits per heavy atom. The highest BCUT2D eigenvalue weighted by atomic mass is 31.2. The molecule has 0 aromatic heterocycles. The summed E-state index contributed by atoms with van der Waals surface area (Å²) in [5.74, 6) is 0.602. The van der Waals surface area contributed by atoms with E-state index in [1.165, 1.54) is 0 Å². The first-order chi connectivity index (χ1) is 3.13. The van der Waals surface area contributed by atoms with Gasteiger partial charge in [0.2, 0.25) is 0 Å². The first kappa shape index (κ1) is 7.78. The molecule has 0 aliphatic carbocycles. The predicted octanol–water partition coefficient (Wildman–Crippen LogP) is 0.982. The Kier molecular flexibility index (Phi) is 4.16. The van der Waals surface area contributed by atoms with Crippen LogP contribution in [0.5, 0.6) is 0 Å². The van der Waals surface area contributed by atoms with Gasteiger partial charge in [0.15, 0.2) is 8.38 Å². The maximum atomic E-state index is 8.36. The summed E-state index contributed by atoms with van der Waals surface area (Å²) in [6, 6.07) is 0. The lowest BCUT2D eigenvalue weighted by atomic mass is 11.8. The van der Waals surface area contributed by atoms with Crippen molar-refractivity contribution in [2.45, 2.75) is 0 Å². The normalized spacial score (nSPS) is 11.1. The van der Waals surface area contributed by atoms with E-state index in [-0.39, 0.29) is 7.92 Å². The van der Waals surface area contributed by atoms with Crippen LogP contribution in [0.25, 0.3) is 0 Å². The molecule has 2 nitrogen and oxygen atoms in total. The van der Waals surface area contributed by atoms with E-state index in [0.717, 1.165) is 0 Å². The summed E-state index contributed by atoms with van der Waals surface area (Å²) < 4.78 is 0. The molecule has 0 rings (SSSR count). The molecule has 0 saturated heterocycles. The summed E-state index contributed by atoms with van der Waals surface area (Å²) in [6.45, 7) is 4.05. The van der Waals surface area contributed by atoms with Crippen molar-refractivity contribution in [2.24, 2.45) is 0 Å². The molecule has 0 radical (unpaired) electrons. The molecule has 0 unspecified atom stereocenters. The molecule has 0 bridgehead atoms. The third-order valence-corrected chi connectivity index (χ3v) is 3.68. The van der Waals surface area contributed by atoms with Gasteiger partial charge in [0.1, 0.15) is 0 Å². The Hall–Kier alpha value is 0.780. The monoisotopic (exact) mass is 140 g/mol. The molecular weight excluding hydrogens is 130 g/mol. The topological polar surface area (TPSA) is 40.5 Å². The fourth-order valence-electron chi connectivity index (χ4n) is 0.253. The van der Waals surface area contributed by atoms with E-state index in [9.17, 15) is 0 Å². The van der Waals surface area contributed by atoms with Crippen LogP contribution in [0.4, 0.5) is 0 Å². The Balaban J connectivity index is 2.95. The molecule has 0 heterocycles. The molecule has 0 atom stereocenters. The summed E-state index contributed by atoms with van der Waals surface area (Å²) in [7, 11) is -1.72. The van der Waals surface area contributed by atoms with Crippen molar-refractivity contribution in [2.75, 3.05) is 19.2 Å². The van der Waals surface area contributed by atoms with Gasteiger partial charge in [-0.1, -0.05) is 0 Å². The van der Waals surface area contributed by atoms with Crippen LogP contribution in [0.15, 0.2) is 0 Å². The lowest BCUT2D eigenvalue weighted by Crippen LogP contribution is -1.75. The third-order valence-electron chi connectivity index (χ3n) is 0.409. The number of hydrogen-bond donors (Lipinski definition) is 2. The van der Waals surface area contributed by atoms with Gasteiger partial charge in [-0.25, -0.2) is 0 Å². The molecule has 0 aromatic rings. The minimum absolute atomic E-state index is 0.111. The van der Waals surface area contributed by atoms with E-state index in [2.05, 4.69) is 0 Å². The van der Waals surface area contributed by atoms with Crippen LogP contribution in [0, 0.1) is 0 Å². The van der Waals surface area contributed by atoms with Gasteiger partial charge >= 0.3 is 0 Å². The maximum absolute atomic E-state index is 8.36. The highest BCUT2D eigenvalue weighted by Crippen LogP contribution is 2.39. The zero-order valence-electron chi connectivity index (χ0n) is 4.50. The predicted molar refractivity (Wildman–Crippen MR) is 35.0 cm³/mol. The van der Waals surface area contributed by atoms with Gasteiger partial charge in [0.25, 0.3) is 0 Å². The lowest BCUT2D eigenvalue weighted by molar-refractivity contribution is 0.489. The van der Waals surface area contributed by atoms with E-state index in [0.29, 0.717) is 5.90 Å². The SMILES string of the molecule is CP(C)CP(O)O. The van der Waals surface area contributed by atoms with Gasteiger partial charge in [0.05, 0.1) is 0 Å². The standard InChI is InChI=1S/C3H10O2P2/c1-6(2)3-7(4)5/h4-5H,3H2,1-2H3. The Morgan fingerprint density at radius 2 is 1.71 bits per heavy atom. The summed E-state index contributed by atoms with van der Waals surface area (Å²) in [5, 5.41) is 0. The highest BCUT2D eigenvalue weighted by molar-refractivity contribution is 7.68. The molecule has 2 N–H and O–H groups in total. The molecule has 7 heavy (non-hydrogen) atoms. The van der Waals surface area contributed by atoms with Crippen LogP contribution in [-0.2, 0) is 0 Å². The van der Waals surface area contributed by atoms with Crippen LogP contribution in [-0.4, -0.2) is 29.0 Å². The van der Waals surface area contributed by atoms with Crippen molar-refractivity contribution >= 4 is 16.3 Å². The first-order valence-corrected chi connectivity index (χ1v) is 5.78. The Labute approximate surface area is 46.2 Å². The van der Waals surface area contributed by atoms with Crippen LogP contribution in [0.3, 0.4) is 0 Å². The second kappa shape index (κ2) is 3.74. The van der Waals surface area contributed by atoms with Crippen molar-refractivity contribution < 1.29 is 9.79 Å². The lowest BCUT2D eigenvalue weighted by Gasteiger charge is -2.03. The second-order valence-electron chi connectivity index (χ2n) is 1.59. The largest absolute Gasteiger partial charge is 0.350 e. The van der Waals surface area contributed by atoms with Crippen LogP contribution in [0.2, 0.25) is 0 Å². The fourth-order valence-corrected chi connectivity index (χ4v) is 2.28.